The van der Waals surface area contributed by atoms with E-state index < -0.39 is 0 Å². The van der Waals surface area contributed by atoms with Crippen LogP contribution in [0.5, 0.6) is 0 Å². The van der Waals surface area contributed by atoms with Crippen molar-refractivity contribution in [3.05, 3.63) is 35.4 Å². The summed E-state index contributed by atoms with van der Waals surface area (Å²) in [4.78, 5) is 16.4. The number of aliphatic imine (C=N–C) groups is 1. The standard InChI is InChI=1S/C13H15N3OS/c1-7-3-5-9(6-4-7)12-16-10-11(17)14-8(2)15-13(10)18-12/h3-6,8,10,13,15H,1-2H3,(H,14,17). The molecule has 1 fully saturated rings. The summed E-state index contributed by atoms with van der Waals surface area (Å²) < 4.78 is 0. The van der Waals surface area contributed by atoms with Crippen LogP contribution in [0.2, 0.25) is 0 Å². The third-order valence-corrected chi connectivity index (χ3v) is 4.33. The van der Waals surface area contributed by atoms with E-state index in [1.165, 1.54) is 5.56 Å². The molecule has 1 aromatic carbocycles. The van der Waals surface area contributed by atoms with Crippen LogP contribution >= 0.6 is 11.8 Å². The van der Waals surface area contributed by atoms with E-state index in [2.05, 4.69) is 46.8 Å². The van der Waals surface area contributed by atoms with Gasteiger partial charge in [-0.3, -0.25) is 15.1 Å². The average Bonchev–Trinajstić information content (AvgIpc) is 2.74. The Morgan fingerprint density at radius 2 is 2.00 bits per heavy atom. The fraction of sp³-hybridized carbons (Fsp3) is 0.385. The Hall–Kier alpha value is -1.33. The van der Waals surface area contributed by atoms with Crippen LogP contribution in [0.4, 0.5) is 0 Å². The molecule has 5 heteroatoms. The Morgan fingerprint density at radius 3 is 2.72 bits per heavy atom. The molecule has 2 aliphatic rings. The Morgan fingerprint density at radius 1 is 1.28 bits per heavy atom. The molecule has 0 spiro atoms. The van der Waals surface area contributed by atoms with E-state index in [1.807, 2.05) is 6.92 Å². The molecule has 0 aromatic heterocycles. The van der Waals surface area contributed by atoms with Crippen LogP contribution in [0.1, 0.15) is 18.1 Å². The highest BCUT2D eigenvalue weighted by molar-refractivity contribution is 8.15. The van der Waals surface area contributed by atoms with Gasteiger partial charge in [0.15, 0.2) is 6.04 Å². The number of fused-ring (bicyclic) bond motifs is 1. The number of aryl methyl sites for hydroxylation is 1. The van der Waals surface area contributed by atoms with Crippen molar-refractivity contribution in [1.29, 1.82) is 0 Å². The molecule has 4 nitrogen and oxygen atoms in total. The number of nitrogens with zero attached hydrogens (tertiary/aromatic N) is 1. The molecule has 0 saturated carbocycles. The quantitative estimate of drug-likeness (QED) is 0.800. The van der Waals surface area contributed by atoms with Crippen LogP contribution in [0.25, 0.3) is 0 Å². The van der Waals surface area contributed by atoms with E-state index in [-0.39, 0.29) is 23.5 Å². The number of hydrogen-bond donors (Lipinski definition) is 2. The van der Waals surface area contributed by atoms with E-state index >= 15 is 0 Å². The van der Waals surface area contributed by atoms with Crippen molar-refractivity contribution < 1.29 is 4.79 Å². The van der Waals surface area contributed by atoms with Gasteiger partial charge in [0, 0.05) is 5.56 Å². The van der Waals surface area contributed by atoms with Crippen LogP contribution in [-0.4, -0.2) is 28.5 Å². The van der Waals surface area contributed by atoms with Gasteiger partial charge in [0.25, 0.3) is 0 Å². The number of thioether (sulfide) groups is 1. The Kier molecular flexibility index (Phi) is 2.87. The lowest BCUT2D eigenvalue weighted by molar-refractivity contribution is -0.124. The smallest absolute Gasteiger partial charge is 0.248 e. The second-order valence-corrected chi connectivity index (χ2v) is 5.81. The maximum atomic E-state index is 11.8. The van der Waals surface area contributed by atoms with E-state index in [9.17, 15) is 4.79 Å². The highest BCUT2D eigenvalue weighted by Crippen LogP contribution is 2.31. The maximum Gasteiger partial charge on any atom is 0.248 e. The molecule has 1 saturated heterocycles. The zero-order valence-corrected chi connectivity index (χ0v) is 11.1. The number of carbonyl (C=O) groups is 1. The van der Waals surface area contributed by atoms with Crippen molar-refractivity contribution in [2.75, 3.05) is 0 Å². The van der Waals surface area contributed by atoms with Gasteiger partial charge < -0.3 is 5.32 Å². The van der Waals surface area contributed by atoms with Crippen LogP contribution in [0.3, 0.4) is 0 Å². The number of carbonyl (C=O) groups excluding carboxylic acids is 1. The molecule has 18 heavy (non-hydrogen) atoms. The lowest BCUT2D eigenvalue weighted by Crippen LogP contribution is -2.59. The monoisotopic (exact) mass is 261 g/mol. The third-order valence-electron chi connectivity index (χ3n) is 3.12. The van der Waals surface area contributed by atoms with E-state index in [4.69, 9.17) is 0 Å². The van der Waals surface area contributed by atoms with E-state index in [1.54, 1.807) is 11.8 Å². The number of nitrogens with one attached hydrogen (secondary N) is 2. The minimum absolute atomic E-state index is 0.0128. The number of amides is 1. The van der Waals surface area contributed by atoms with Crippen molar-refractivity contribution >= 4 is 22.7 Å². The molecule has 3 rings (SSSR count). The Bertz CT molecular complexity index is 511. The molecule has 0 aliphatic carbocycles. The molecule has 2 heterocycles. The Labute approximate surface area is 110 Å². The molecule has 3 atom stereocenters. The summed E-state index contributed by atoms with van der Waals surface area (Å²) in [5.74, 6) is 0.0147. The highest BCUT2D eigenvalue weighted by atomic mass is 32.2. The van der Waals surface area contributed by atoms with Gasteiger partial charge in [0.05, 0.1) is 11.5 Å². The molecule has 3 unspecified atom stereocenters. The summed E-state index contributed by atoms with van der Waals surface area (Å²) >= 11 is 1.64. The minimum atomic E-state index is -0.303. The molecular weight excluding hydrogens is 246 g/mol. The summed E-state index contributed by atoms with van der Waals surface area (Å²) in [6.07, 6.45) is 0.0128. The lowest BCUT2D eigenvalue weighted by atomic mass is 10.1. The SMILES string of the molecule is Cc1ccc(C2=NC3C(=O)NC(C)NC3S2)cc1. The van der Waals surface area contributed by atoms with Gasteiger partial charge in [-0.25, -0.2) is 0 Å². The van der Waals surface area contributed by atoms with Crippen LogP contribution in [-0.2, 0) is 4.79 Å². The molecule has 2 N–H and O–H groups in total. The Balaban J connectivity index is 1.86. The second-order valence-electron chi connectivity index (χ2n) is 4.68. The largest absolute Gasteiger partial charge is 0.339 e. The van der Waals surface area contributed by atoms with Crippen molar-refractivity contribution in [2.45, 2.75) is 31.4 Å². The average molecular weight is 261 g/mol. The predicted octanol–water partition coefficient (Wildman–Crippen LogP) is 1.25. The maximum absolute atomic E-state index is 11.8. The first-order valence-electron chi connectivity index (χ1n) is 6.01. The van der Waals surface area contributed by atoms with Gasteiger partial charge >= 0.3 is 0 Å². The summed E-state index contributed by atoms with van der Waals surface area (Å²) in [7, 11) is 0. The first-order chi connectivity index (χ1) is 8.63. The minimum Gasteiger partial charge on any atom is -0.339 e. The molecule has 0 radical (unpaired) electrons. The van der Waals surface area contributed by atoms with Gasteiger partial charge in [-0.1, -0.05) is 41.6 Å². The fourth-order valence-corrected chi connectivity index (χ4v) is 3.43. The number of hydrogen-bond acceptors (Lipinski definition) is 4. The highest BCUT2D eigenvalue weighted by Gasteiger charge is 2.40. The summed E-state index contributed by atoms with van der Waals surface area (Å²) in [5.41, 5.74) is 2.31. The first-order valence-corrected chi connectivity index (χ1v) is 6.89. The molecule has 94 valence electrons. The molecule has 1 aromatic rings. The van der Waals surface area contributed by atoms with Gasteiger partial charge in [0.2, 0.25) is 5.91 Å². The van der Waals surface area contributed by atoms with Crippen molar-refractivity contribution in [3.63, 3.8) is 0 Å². The molecule has 0 bridgehead atoms. The number of rotatable bonds is 1. The van der Waals surface area contributed by atoms with Crippen LogP contribution in [0.15, 0.2) is 29.3 Å². The summed E-state index contributed by atoms with van der Waals surface area (Å²) in [6, 6.07) is 7.94. The van der Waals surface area contributed by atoms with Crippen molar-refractivity contribution in [2.24, 2.45) is 4.99 Å². The molecular formula is C13H15N3OS. The van der Waals surface area contributed by atoms with Gasteiger partial charge in [-0.05, 0) is 13.8 Å². The zero-order valence-electron chi connectivity index (χ0n) is 10.3. The zero-order chi connectivity index (χ0) is 12.7. The lowest BCUT2D eigenvalue weighted by Gasteiger charge is -2.29. The first kappa shape index (κ1) is 11.7. The van der Waals surface area contributed by atoms with Crippen LogP contribution < -0.4 is 10.6 Å². The second kappa shape index (κ2) is 4.40. The summed E-state index contributed by atoms with van der Waals surface area (Å²) in [6.45, 7) is 4.00. The normalized spacial score (nSPS) is 30.7. The van der Waals surface area contributed by atoms with Crippen LogP contribution in [0, 0.1) is 6.92 Å². The third kappa shape index (κ3) is 2.04. The van der Waals surface area contributed by atoms with Gasteiger partial charge in [-0.2, -0.15) is 0 Å². The summed E-state index contributed by atoms with van der Waals surface area (Å²) in [5, 5.41) is 7.20. The molecule has 1 amide bonds. The van der Waals surface area contributed by atoms with E-state index in [0.717, 1.165) is 10.6 Å². The topological polar surface area (TPSA) is 53.5 Å². The van der Waals surface area contributed by atoms with E-state index in [0.29, 0.717) is 0 Å². The van der Waals surface area contributed by atoms with Crippen molar-refractivity contribution in [3.8, 4) is 0 Å². The number of benzene rings is 1. The van der Waals surface area contributed by atoms with Gasteiger partial charge in [-0.15, -0.1) is 0 Å². The van der Waals surface area contributed by atoms with Gasteiger partial charge in [0.1, 0.15) is 5.04 Å². The van der Waals surface area contributed by atoms with Crippen molar-refractivity contribution in [1.82, 2.24) is 10.6 Å². The predicted molar refractivity (Wildman–Crippen MR) is 73.6 cm³/mol. The molecule has 2 aliphatic heterocycles. The fourth-order valence-electron chi connectivity index (χ4n) is 2.16.